The minimum Gasteiger partial charge on any atom is -0.399 e. The third kappa shape index (κ3) is 3.16. The lowest BCUT2D eigenvalue weighted by atomic mass is 10.1. The first-order chi connectivity index (χ1) is 9.90. The zero-order valence-electron chi connectivity index (χ0n) is 11.6. The van der Waals surface area contributed by atoms with Crippen LogP contribution in [-0.2, 0) is 6.54 Å². The first-order valence-electron chi connectivity index (χ1n) is 6.08. The predicted molar refractivity (Wildman–Crippen MR) is 80.2 cm³/mol. The van der Waals surface area contributed by atoms with E-state index < -0.39 is 10.8 Å². The number of hydrogen-bond donors (Lipinski definition) is 1. The lowest BCUT2D eigenvalue weighted by Crippen LogP contribution is -2.27. The Morgan fingerprint density at radius 3 is 2.81 bits per heavy atom. The van der Waals surface area contributed by atoms with Gasteiger partial charge in [-0.1, -0.05) is 0 Å². The van der Waals surface area contributed by atoms with Crippen molar-refractivity contribution in [2.75, 3.05) is 12.8 Å². The molecule has 0 aliphatic heterocycles. The van der Waals surface area contributed by atoms with E-state index in [0.717, 1.165) is 10.6 Å². The van der Waals surface area contributed by atoms with Gasteiger partial charge in [-0.25, -0.2) is 4.98 Å². The van der Waals surface area contributed by atoms with Crippen molar-refractivity contribution < 1.29 is 9.72 Å². The van der Waals surface area contributed by atoms with E-state index >= 15 is 0 Å². The largest absolute Gasteiger partial charge is 0.399 e. The summed E-state index contributed by atoms with van der Waals surface area (Å²) < 4.78 is 0. The molecule has 0 bridgehead atoms. The number of thiazole rings is 1. The molecule has 110 valence electrons. The van der Waals surface area contributed by atoms with Crippen molar-refractivity contribution in [2.45, 2.75) is 13.5 Å². The third-order valence-corrected chi connectivity index (χ3v) is 3.94. The number of nitro benzene ring substituents is 1. The van der Waals surface area contributed by atoms with Gasteiger partial charge in [-0.05, 0) is 19.1 Å². The molecule has 8 heteroatoms. The van der Waals surface area contributed by atoms with Gasteiger partial charge in [0.2, 0.25) is 0 Å². The van der Waals surface area contributed by atoms with Crippen LogP contribution in [0.4, 0.5) is 11.4 Å². The van der Waals surface area contributed by atoms with Crippen molar-refractivity contribution >= 4 is 28.6 Å². The number of aromatic nitrogens is 1. The quantitative estimate of drug-likeness (QED) is 0.530. The van der Waals surface area contributed by atoms with Gasteiger partial charge < -0.3 is 10.6 Å². The minimum absolute atomic E-state index is 0.00957. The van der Waals surface area contributed by atoms with Gasteiger partial charge in [0.25, 0.3) is 11.6 Å². The van der Waals surface area contributed by atoms with Crippen molar-refractivity contribution in [1.29, 1.82) is 0 Å². The number of hydrogen-bond acceptors (Lipinski definition) is 6. The van der Waals surface area contributed by atoms with E-state index in [1.165, 1.54) is 34.4 Å². The van der Waals surface area contributed by atoms with Gasteiger partial charge >= 0.3 is 0 Å². The van der Waals surface area contributed by atoms with Crippen LogP contribution in [0.15, 0.2) is 23.7 Å². The van der Waals surface area contributed by atoms with E-state index in [2.05, 4.69) is 4.98 Å². The molecule has 0 fully saturated rings. The van der Waals surface area contributed by atoms with Crippen molar-refractivity contribution in [3.05, 3.63) is 50.0 Å². The molecule has 2 aromatic rings. The number of carbonyl (C=O) groups is 1. The standard InChI is InChI=1S/C13H14N4O3S/c1-8-12(21-7-15-8)6-16(2)13(18)10-5-9(14)3-4-11(10)17(19)20/h3-5,7H,6,14H2,1-2H3. The average molecular weight is 306 g/mol. The summed E-state index contributed by atoms with van der Waals surface area (Å²) in [6.07, 6.45) is 0. The fraction of sp³-hybridized carbons (Fsp3) is 0.231. The number of nitrogens with two attached hydrogens (primary N) is 1. The van der Waals surface area contributed by atoms with Gasteiger partial charge in [0.15, 0.2) is 0 Å². The number of nitrogens with zero attached hydrogens (tertiary/aromatic N) is 3. The van der Waals surface area contributed by atoms with Crippen LogP contribution in [0.25, 0.3) is 0 Å². The Bertz CT molecular complexity index is 698. The molecule has 2 rings (SSSR count). The Labute approximate surface area is 125 Å². The summed E-state index contributed by atoms with van der Waals surface area (Å²) >= 11 is 1.44. The van der Waals surface area contributed by atoms with Crippen LogP contribution in [-0.4, -0.2) is 27.8 Å². The molecule has 2 N–H and O–H groups in total. The number of nitro groups is 1. The first-order valence-corrected chi connectivity index (χ1v) is 6.96. The Balaban J connectivity index is 2.29. The van der Waals surface area contributed by atoms with Crippen LogP contribution in [0.5, 0.6) is 0 Å². The number of anilines is 1. The molecular weight excluding hydrogens is 292 g/mol. The minimum atomic E-state index is -0.585. The van der Waals surface area contributed by atoms with Gasteiger partial charge in [0.1, 0.15) is 5.56 Å². The van der Waals surface area contributed by atoms with E-state index in [0.29, 0.717) is 12.2 Å². The maximum absolute atomic E-state index is 12.4. The molecule has 0 radical (unpaired) electrons. The Morgan fingerprint density at radius 1 is 1.52 bits per heavy atom. The molecule has 0 saturated carbocycles. The molecule has 0 atom stereocenters. The van der Waals surface area contributed by atoms with Crippen molar-refractivity contribution in [2.24, 2.45) is 0 Å². The van der Waals surface area contributed by atoms with Crippen molar-refractivity contribution in [1.82, 2.24) is 9.88 Å². The topological polar surface area (TPSA) is 102 Å². The molecule has 0 spiro atoms. The highest BCUT2D eigenvalue weighted by Gasteiger charge is 2.23. The van der Waals surface area contributed by atoms with Crippen molar-refractivity contribution in [3.8, 4) is 0 Å². The fourth-order valence-electron chi connectivity index (χ4n) is 1.85. The predicted octanol–water partition coefficient (Wildman–Crippen LogP) is 2.21. The highest BCUT2D eigenvalue weighted by molar-refractivity contribution is 7.09. The molecule has 7 nitrogen and oxygen atoms in total. The lowest BCUT2D eigenvalue weighted by Gasteiger charge is -2.16. The maximum Gasteiger partial charge on any atom is 0.282 e. The van der Waals surface area contributed by atoms with Crippen LogP contribution in [0.2, 0.25) is 0 Å². The van der Waals surface area contributed by atoms with Gasteiger partial charge in [-0.15, -0.1) is 11.3 Å². The number of aryl methyl sites for hydroxylation is 1. The van der Waals surface area contributed by atoms with Crippen molar-refractivity contribution in [3.63, 3.8) is 0 Å². The van der Waals surface area contributed by atoms with Gasteiger partial charge in [0, 0.05) is 23.7 Å². The van der Waals surface area contributed by atoms with Gasteiger partial charge in [-0.2, -0.15) is 0 Å². The average Bonchev–Trinajstić information content (AvgIpc) is 2.83. The Morgan fingerprint density at radius 2 is 2.24 bits per heavy atom. The smallest absolute Gasteiger partial charge is 0.282 e. The van der Waals surface area contributed by atoms with Crippen LogP contribution in [0, 0.1) is 17.0 Å². The van der Waals surface area contributed by atoms with Gasteiger partial charge in [0.05, 0.1) is 22.7 Å². The summed E-state index contributed by atoms with van der Waals surface area (Å²) in [5.41, 5.74) is 8.23. The third-order valence-electron chi connectivity index (χ3n) is 3.02. The molecule has 21 heavy (non-hydrogen) atoms. The molecule has 0 aliphatic rings. The SMILES string of the molecule is Cc1ncsc1CN(C)C(=O)c1cc(N)ccc1[N+](=O)[O-]. The van der Waals surface area contributed by atoms with E-state index in [-0.39, 0.29) is 11.3 Å². The molecule has 1 heterocycles. The molecule has 0 aliphatic carbocycles. The molecular formula is C13H14N4O3S. The highest BCUT2D eigenvalue weighted by atomic mass is 32.1. The Hall–Kier alpha value is -2.48. The van der Waals surface area contributed by atoms with E-state index in [9.17, 15) is 14.9 Å². The summed E-state index contributed by atoms with van der Waals surface area (Å²) in [6, 6.07) is 3.98. The molecule has 1 aromatic carbocycles. The number of benzene rings is 1. The summed E-state index contributed by atoms with van der Waals surface area (Å²) in [5.74, 6) is -0.443. The monoisotopic (exact) mass is 306 g/mol. The Kier molecular flexibility index (Phi) is 4.18. The fourth-order valence-corrected chi connectivity index (χ4v) is 2.68. The van der Waals surface area contributed by atoms with Gasteiger partial charge in [-0.3, -0.25) is 14.9 Å². The van der Waals surface area contributed by atoms with Crippen LogP contribution in [0.1, 0.15) is 20.9 Å². The van der Waals surface area contributed by atoms with E-state index in [1.54, 1.807) is 12.6 Å². The van der Waals surface area contributed by atoms with Crippen LogP contribution in [0.3, 0.4) is 0 Å². The van der Waals surface area contributed by atoms with E-state index in [1.807, 2.05) is 6.92 Å². The normalized spacial score (nSPS) is 10.4. The van der Waals surface area contributed by atoms with Crippen LogP contribution < -0.4 is 5.73 Å². The first kappa shape index (κ1) is 14.9. The zero-order valence-corrected chi connectivity index (χ0v) is 12.4. The van der Waals surface area contributed by atoms with Crippen LogP contribution >= 0.6 is 11.3 Å². The number of carbonyl (C=O) groups excluding carboxylic acids is 1. The lowest BCUT2D eigenvalue weighted by molar-refractivity contribution is -0.385. The summed E-state index contributed by atoms with van der Waals surface area (Å²) in [6.45, 7) is 2.20. The zero-order chi connectivity index (χ0) is 15.6. The molecule has 1 aromatic heterocycles. The number of rotatable bonds is 4. The molecule has 1 amide bonds. The summed E-state index contributed by atoms with van der Waals surface area (Å²) in [7, 11) is 1.59. The second-order valence-corrected chi connectivity index (χ2v) is 5.50. The second-order valence-electron chi connectivity index (χ2n) is 4.56. The highest BCUT2D eigenvalue weighted by Crippen LogP contribution is 2.24. The summed E-state index contributed by atoms with van der Waals surface area (Å²) in [5, 5.41) is 11.0. The second kappa shape index (κ2) is 5.88. The summed E-state index contributed by atoms with van der Waals surface area (Å²) in [4.78, 5) is 29.3. The molecule has 0 saturated heterocycles. The number of nitrogen functional groups attached to an aromatic ring is 1. The maximum atomic E-state index is 12.4. The molecule has 0 unspecified atom stereocenters. The van der Waals surface area contributed by atoms with E-state index in [4.69, 9.17) is 5.73 Å². The number of amides is 1.